The van der Waals surface area contributed by atoms with Gasteiger partial charge in [-0.3, -0.25) is 29.9 Å². The Bertz CT molecular complexity index is 1110. The van der Waals surface area contributed by atoms with E-state index < -0.39 is 33.1 Å². The predicted octanol–water partition coefficient (Wildman–Crippen LogP) is 3.60. The van der Waals surface area contributed by atoms with Crippen molar-refractivity contribution in [3.8, 4) is 0 Å². The number of anilines is 2. The summed E-state index contributed by atoms with van der Waals surface area (Å²) in [5, 5.41) is 31.2. The summed E-state index contributed by atoms with van der Waals surface area (Å²) in [7, 11) is 1.54. The van der Waals surface area contributed by atoms with Crippen LogP contribution >= 0.6 is 0 Å². The summed E-state index contributed by atoms with van der Waals surface area (Å²) in [5.41, 5.74) is 0.370. The van der Waals surface area contributed by atoms with Gasteiger partial charge in [-0.15, -0.1) is 0 Å². The summed E-state index contributed by atoms with van der Waals surface area (Å²) in [6, 6.07) is 8.34. The smallest absolute Gasteiger partial charge is 0.348 e. The van der Waals surface area contributed by atoms with Crippen LogP contribution in [0.2, 0.25) is 0 Å². The minimum absolute atomic E-state index is 0.0956. The van der Waals surface area contributed by atoms with Crippen molar-refractivity contribution in [3.63, 3.8) is 0 Å². The van der Waals surface area contributed by atoms with Crippen LogP contribution in [0.3, 0.4) is 0 Å². The quantitative estimate of drug-likeness (QED) is 0.494. The zero-order valence-electron chi connectivity index (χ0n) is 14.7. The number of fused-ring (bicyclic) bond motifs is 1. The highest BCUT2D eigenvalue weighted by Gasteiger charge is 2.26. The molecule has 0 amide bonds. The maximum Gasteiger partial charge on any atom is 0.348 e. The largest absolute Gasteiger partial charge is 0.481 e. The molecule has 3 rings (SSSR count). The van der Waals surface area contributed by atoms with Crippen LogP contribution < -0.4 is 4.90 Å². The molecular weight excluding hydrogens is 372 g/mol. The first-order chi connectivity index (χ1) is 13.2. The molecule has 1 unspecified atom stereocenters. The molecule has 11 nitrogen and oxygen atoms in total. The van der Waals surface area contributed by atoms with Gasteiger partial charge < -0.3 is 9.52 Å². The lowest BCUT2D eigenvalue weighted by atomic mass is 10.0. The second kappa shape index (κ2) is 6.95. The molecule has 0 bridgehead atoms. The molecule has 2 aromatic carbocycles. The molecule has 0 spiro atoms. The topological polar surface area (TPSA) is 153 Å². The number of nitro benzene ring substituents is 2. The molecule has 1 atom stereocenters. The zero-order chi connectivity index (χ0) is 20.6. The Hall–Kier alpha value is -4.02. The van der Waals surface area contributed by atoms with Gasteiger partial charge in [0.25, 0.3) is 0 Å². The third kappa shape index (κ3) is 3.32. The Morgan fingerprint density at radius 2 is 1.82 bits per heavy atom. The Labute approximate surface area is 157 Å². The molecule has 1 aromatic heterocycles. The van der Waals surface area contributed by atoms with Gasteiger partial charge in [0.2, 0.25) is 0 Å². The Morgan fingerprint density at radius 1 is 1.14 bits per heavy atom. The molecule has 11 heteroatoms. The van der Waals surface area contributed by atoms with E-state index in [1.807, 2.05) is 0 Å². The van der Waals surface area contributed by atoms with Gasteiger partial charge in [0.15, 0.2) is 5.58 Å². The van der Waals surface area contributed by atoms with Crippen LogP contribution in [-0.2, 0) is 4.79 Å². The van der Waals surface area contributed by atoms with Gasteiger partial charge in [-0.1, -0.05) is 6.07 Å². The number of oxazole rings is 1. The van der Waals surface area contributed by atoms with Crippen molar-refractivity contribution in [3.05, 3.63) is 62.2 Å². The van der Waals surface area contributed by atoms with Gasteiger partial charge in [0, 0.05) is 19.2 Å². The van der Waals surface area contributed by atoms with E-state index in [0.717, 1.165) is 12.1 Å². The molecule has 0 aliphatic rings. The van der Waals surface area contributed by atoms with E-state index in [4.69, 9.17) is 9.52 Å². The van der Waals surface area contributed by atoms with Crippen molar-refractivity contribution >= 4 is 40.1 Å². The average Bonchev–Trinajstić information content (AvgIpc) is 3.09. The molecule has 0 aliphatic carbocycles. The fraction of sp³-hybridized carbons (Fsp3) is 0.176. The van der Waals surface area contributed by atoms with Crippen LogP contribution in [0, 0.1) is 20.2 Å². The number of carboxylic acids is 1. The highest BCUT2D eigenvalue weighted by molar-refractivity contribution is 5.81. The van der Waals surface area contributed by atoms with Crippen LogP contribution in [-0.4, -0.2) is 33.0 Å². The van der Waals surface area contributed by atoms with Crippen LogP contribution in [0.15, 0.2) is 40.8 Å². The fourth-order valence-corrected chi connectivity index (χ4v) is 2.62. The maximum atomic E-state index is 11.1. The molecular formula is C17H14N4O7. The van der Waals surface area contributed by atoms with Crippen LogP contribution in [0.4, 0.5) is 23.1 Å². The third-order valence-electron chi connectivity index (χ3n) is 4.30. The SMILES string of the molecule is CC(C(=O)O)c1ccc2oc(N(C)c3ccc([N+](=O)[O-])c([N+](=O)[O-])c3)nc2c1. The van der Waals surface area contributed by atoms with Crippen molar-refractivity contribution in [1.82, 2.24) is 4.98 Å². The molecule has 28 heavy (non-hydrogen) atoms. The van der Waals surface area contributed by atoms with Gasteiger partial charge in [-0.25, -0.2) is 0 Å². The molecule has 0 saturated carbocycles. The molecule has 0 radical (unpaired) electrons. The van der Waals surface area contributed by atoms with Crippen LogP contribution in [0.25, 0.3) is 11.1 Å². The van der Waals surface area contributed by atoms with Gasteiger partial charge in [0.05, 0.1) is 21.5 Å². The van der Waals surface area contributed by atoms with Crippen molar-refractivity contribution in [2.75, 3.05) is 11.9 Å². The number of rotatable bonds is 6. The summed E-state index contributed by atoms with van der Waals surface area (Å²) in [6.45, 7) is 1.55. The van der Waals surface area contributed by atoms with Crippen molar-refractivity contribution in [2.24, 2.45) is 0 Å². The number of nitrogens with zero attached hydrogens (tertiary/aromatic N) is 4. The Kier molecular flexibility index (Phi) is 4.65. The maximum absolute atomic E-state index is 11.1. The summed E-state index contributed by atoms with van der Waals surface area (Å²) < 4.78 is 5.62. The van der Waals surface area contributed by atoms with Gasteiger partial charge >= 0.3 is 23.4 Å². The minimum Gasteiger partial charge on any atom is -0.481 e. The standard InChI is InChI=1S/C17H14N4O7/c1-9(16(22)23)10-3-6-15-12(7-10)18-17(28-15)19(2)11-4-5-13(20(24)25)14(8-11)21(26)27/h3-9H,1-2H3,(H,22,23). The number of hydrogen-bond donors (Lipinski definition) is 1. The molecule has 0 saturated heterocycles. The molecule has 0 fully saturated rings. The van der Waals surface area contributed by atoms with Crippen LogP contribution in [0.1, 0.15) is 18.4 Å². The lowest BCUT2D eigenvalue weighted by molar-refractivity contribution is -0.422. The second-order valence-electron chi connectivity index (χ2n) is 6.03. The highest BCUT2D eigenvalue weighted by Crippen LogP contribution is 2.34. The van der Waals surface area contributed by atoms with E-state index in [1.165, 1.54) is 18.0 Å². The van der Waals surface area contributed by atoms with Crippen LogP contribution in [0.5, 0.6) is 0 Å². The molecule has 1 heterocycles. The predicted molar refractivity (Wildman–Crippen MR) is 97.9 cm³/mol. The Morgan fingerprint density at radius 3 is 2.43 bits per heavy atom. The number of nitro groups is 2. The normalized spacial score (nSPS) is 11.9. The zero-order valence-corrected chi connectivity index (χ0v) is 14.7. The lowest BCUT2D eigenvalue weighted by Gasteiger charge is -2.13. The molecule has 144 valence electrons. The third-order valence-corrected chi connectivity index (χ3v) is 4.30. The number of carboxylic acid groups (broad SMARTS) is 1. The molecule has 1 N–H and O–H groups in total. The number of benzene rings is 2. The van der Waals surface area contributed by atoms with E-state index in [9.17, 15) is 25.0 Å². The first kappa shape index (κ1) is 18.8. The summed E-state index contributed by atoms with van der Waals surface area (Å²) in [4.78, 5) is 37.2. The average molecular weight is 386 g/mol. The van der Waals surface area contributed by atoms with E-state index in [-0.39, 0.29) is 11.7 Å². The summed E-state index contributed by atoms with van der Waals surface area (Å²) >= 11 is 0. The number of aliphatic carboxylic acids is 1. The molecule has 3 aromatic rings. The lowest BCUT2D eigenvalue weighted by Crippen LogP contribution is -2.10. The first-order valence-corrected chi connectivity index (χ1v) is 7.99. The van der Waals surface area contributed by atoms with Crippen molar-refractivity contribution < 1.29 is 24.2 Å². The fourth-order valence-electron chi connectivity index (χ4n) is 2.62. The first-order valence-electron chi connectivity index (χ1n) is 7.99. The van der Waals surface area contributed by atoms with Gasteiger partial charge in [-0.2, -0.15) is 4.98 Å². The monoisotopic (exact) mass is 386 g/mol. The van der Waals surface area contributed by atoms with Gasteiger partial charge in [0.1, 0.15) is 5.52 Å². The number of carbonyl (C=O) groups is 1. The Balaban J connectivity index is 2.00. The second-order valence-corrected chi connectivity index (χ2v) is 6.03. The van der Waals surface area contributed by atoms with E-state index >= 15 is 0 Å². The van der Waals surface area contributed by atoms with E-state index in [0.29, 0.717) is 16.7 Å². The summed E-state index contributed by atoms with van der Waals surface area (Å²) in [6.07, 6.45) is 0. The summed E-state index contributed by atoms with van der Waals surface area (Å²) in [5.74, 6) is -1.70. The molecule has 0 aliphatic heterocycles. The van der Waals surface area contributed by atoms with E-state index in [1.54, 1.807) is 25.1 Å². The van der Waals surface area contributed by atoms with E-state index in [2.05, 4.69) is 4.98 Å². The number of hydrogen-bond acceptors (Lipinski definition) is 8. The van der Waals surface area contributed by atoms with Gasteiger partial charge in [-0.05, 0) is 30.7 Å². The highest BCUT2D eigenvalue weighted by atomic mass is 16.6. The minimum atomic E-state index is -0.974. The number of aromatic nitrogens is 1. The van der Waals surface area contributed by atoms with Crippen molar-refractivity contribution in [1.29, 1.82) is 0 Å². The van der Waals surface area contributed by atoms with Crippen molar-refractivity contribution in [2.45, 2.75) is 12.8 Å².